The fraction of sp³-hybridized carbons (Fsp3) is 1.00. The van der Waals surface area contributed by atoms with Gasteiger partial charge in [0.25, 0.3) is 0 Å². The summed E-state index contributed by atoms with van der Waals surface area (Å²) in [7, 11) is -24.9. The van der Waals surface area contributed by atoms with Crippen LogP contribution in [-0.2, 0) is 36.4 Å². The van der Waals surface area contributed by atoms with Crippen LogP contribution in [0.25, 0.3) is 0 Å². The summed E-state index contributed by atoms with van der Waals surface area (Å²) in [5.74, 6) is 0. The molecule has 6 atom stereocenters. The van der Waals surface area contributed by atoms with Gasteiger partial charge in [-0.3, -0.25) is 0 Å². The highest BCUT2D eigenvalue weighted by Crippen LogP contribution is 2.46. The molecule has 18 nitrogen and oxygen atoms in total. The van der Waals surface area contributed by atoms with E-state index in [1.54, 1.807) is 0 Å². The summed E-state index contributed by atoms with van der Waals surface area (Å²) >= 11 is 0. The molecule has 2 N–H and O–H groups in total. The standard InChI is InChI=1S/C6H16O18P4/c7-1-2(8)4(22-26(12,13)14)6(24-28(18,19)20)5(23-27(15,16)17)3(1)21-25(9,10)11/h1-8H,(H2,9,10,11)(H2,12,13,14)(H2,15,16,17)(H2,18,19,20)/p-8/t1-,2-,3-,4+,5-,6-/m0/s1. The molecule has 1 saturated carbocycles. The fourth-order valence-corrected chi connectivity index (χ4v) is 4.39. The normalized spacial score (nSPS) is 33.1. The average Bonchev–Trinajstić information content (AvgIpc) is 2.39. The number of aliphatic hydroxyl groups is 2. The van der Waals surface area contributed by atoms with Crippen LogP contribution in [0.4, 0.5) is 0 Å². The lowest BCUT2D eigenvalue weighted by Crippen LogP contribution is -2.66. The van der Waals surface area contributed by atoms with E-state index in [1.807, 2.05) is 0 Å². The van der Waals surface area contributed by atoms with Crippen LogP contribution in [0.15, 0.2) is 0 Å². The average molecular weight is 492 g/mol. The van der Waals surface area contributed by atoms with E-state index in [-0.39, 0.29) is 0 Å². The van der Waals surface area contributed by atoms with Gasteiger partial charge in [-0.2, -0.15) is 0 Å². The van der Waals surface area contributed by atoms with E-state index in [0.717, 1.165) is 0 Å². The van der Waals surface area contributed by atoms with Crippen LogP contribution in [0.5, 0.6) is 0 Å². The Kier molecular flexibility index (Phi) is 8.34. The van der Waals surface area contributed by atoms with E-state index in [2.05, 4.69) is 18.1 Å². The van der Waals surface area contributed by atoms with Gasteiger partial charge in [0, 0.05) is 0 Å². The van der Waals surface area contributed by atoms with E-state index in [9.17, 15) is 67.6 Å². The lowest BCUT2D eigenvalue weighted by molar-refractivity contribution is -0.379. The zero-order chi connectivity index (χ0) is 22.3. The second-order valence-corrected chi connectivity index (χ2v) is 9.47. The first-order valence-corrected chi connectivity index (χ1v) is 12.2. The summed E-state index contributed by atoms with van der Waals surface area (Å²) in [5.41, 5.74) is 0. The quantitative estimate of drug-likeness (QED) is 0.297. The van der Waals surface area contributed by atoms with E-state index in [0.29, 0.717) is 0 Å². The molecule has 1 fully saturated rings. The van der Waals surface area contributed by atoms with E-state index in [1.165, 1.54) is 0 Å². The Labute approximate surface area is 154 Å². The van der Waals surface area contributed by atoms with Crippen LogP contribution in [0.3, 0.4) is 0 Å². The molecule has 0 aromatic carbocycles. The lowest BCUT2D eigenvalue weighted by atomic mass is 9.85. The number of hydrogen-bond acceptors (Lipinski definition) is 18. The molecule has 1 rings (SSSR count). The van der Waals surface area contributed by atoms with Gasteiger partial charge in [-0.15, -0.1) is 0 Å². The Morgan fingerprint density at radius 3 is 0.821 bits per heavy atom. The van der Waals surface area contributed by atoms with Gasteiger partial charge in [0.1, 0.15) is 36.6 Å². The summed E-state index contributed by atoms with van der Waals surface area (Å²) in [6.45, 7) is 0. The van der Waals surface area contributed by atoms with Gasteiger partial charge in [-0.25, -0.2) is 0 Å². The van der Waals surface area contributed by atoms with Crippen molar-refractivity contribution in [2.24, 2.45) is 0 Å². The predicted molar refractivity (Wildman–Crippen MR) is 61.9 cm³/mol. The van der Waals surface area contributed by atoms with Gasteiger partial charge in [0.05, 0.1) is 31.3 Å². The smallest absolute Gasteiger partial charge is 0.121 e. The first-order chi connectivity index (χ1) is 12.2. The van der Waals surface area contributed by atoms with Crippen molar-refractivity contribution in [1.29, 1.82) is 0 Å². The van der Waals surface area contributed by atoms with Crippen LogP contribution >= 0.6 is 31.3 Å². The topological polar surface area (TPSA) is 330 Å². The molecule has 0 bridgehead atoms. The molecule has 0 radical (unpaired) electrons. The first kappa shape index (κ1) is 26.4. The third-order valence-electron chi connectivity index (χ3n) is 3.00. The Morgan fingerprint density at radius 1 is 0.464 bits per heavy atom. The van der Waals surface area contributed by atoms with E-state index >= 15 is 0 Å². The number of phosphoric acid groups is 4. The molecule has 28 heavy (non-hydrogen) atoms. The van der Waals surface area contributed by atoms with Crippen molar-refractivity contribution < 1.29 is 85.7 Å². The Morgan fingerprint density at radius 2 is 0.643 bits per heavy atom. The predicted octanol–water partition coefficient (Wildman–Crippen LogP) is -8.42. The zero-order valence-electron chi connectivity index (χ0n) is 12.7. The van der Waals surface area contributed by atoms with Crippen molar-refractivity contribution in [3.8, 4) is 0 Å². The maximum absolute atomic E-state index is 10.8. The second kappa shape index (κ2) is 8.85. The molecule has 0 saturated heterocycles. The molecule has 0 heterocycles. The number of hydrogen-bond donors (Lipinski definition) is 2. The second-order valence-electron chi connectivity index (χ2n) is 5.05. The van der Waals surface area contributed by atoms with Crippen LogP contribution in [0.2, 0.25) is 0 Å². The van der Waals surface area contributed by atoms with Gasteiger partial charge in [0.15, 0.2) is 0 Å². The number of aliphatic hydroxyl groups excluding tert-OH is 2. The SMILES string of the molecule is O=P([O-])([O-])O[C@@H]1[C@@H](OP(=O)([O-])[O-])[C@@H](OP(=O)([O-])[O-])[C@@H](O)[C@H](O)[C@H]1OP(=O)([O-])[O-]. The largest absolute Gasteiger partial charge is 0.790 e. The molecule has 0 unspecified atom stereocenters. The fourth-order valence-electron chi connectivity index (χ4n) is 2.23. The van der Waals surface area contributed by atoms with Crippen molar-refractivity contribution in [2.75, 3.05) is 0 Å². The van der Waals surface area contributed by atoms with Crippen molar-refractivity contribution in [1.82, 2.24) is 0 Å². The molecule has 0 aliphatic heterocycles. The molecule has 1 aliphatic carbocycles. The van der Waals surface area contributed by atoms with Crippen LogP contribution in [0.1, 0.15) is 0 Å². The molecule has 0 aromatic rings. The summed E-state index contributed by atoms with van der Waals surface area (Å²) in [4.78, 5) is 86.3. The zero-order valence-corrected chi connectivity index (χ0v) is 16.3. The molecule has 1 aliphatic rings. The van der Waals surface area contributed by atoms with Gasteiger partial charge < -0.3 is 85.7 Å². The summed E-state index contributed by atoms with van der Waals surface area (Å²) in [6.07, 6.45) is -17.6. The molecule has 168 valence electrons. The summed E-state index contributed by atoms with van der Waals surface area (Å²) in [5, 5.41) is 19.5. The number of rotatable bonds is 8. The number of phosphoric ester groups is 4. The molecule has 0 spiro atoms. The highest BCUT2D eigenvalue weighted by molar-refractivity contribution is 7.44. The third kappa shape index (κ3) is 8.62. The van der Waals surface area contributed by atoms with Gasteiger partial charge in [-0.05, 0) is 0 Å². The van der Waals surface area contributed by atoms with Gasteiger partial charge in [0.2, 0.25) is 0 Å². The van der Waals surface area contributed by atoms with Crippen molar-refractivity contribution >= 4 is 31.3 Å². The Hall–Kier alpha value is 0.360. The van der Waals surface area contributed by atoms with Crippen molar-refractivity contribution in [3.05, 3.63) is 0 Å². The minimum Gasteiger partial charge on any atom is -0.790 e. The maximum Gasteiger partial charge on any atom is 0.121 e. The highest BCUT2D eigenvalue weighted by Gasteiger charge is 2.54. The first-order valence-electron chi connectivity index (χ1n) is 6.38. The third-order valence-corrected chi connectivity index (χ3v) is 5.00. The van der Waals surface area contributed by atoms with Crippen LogP contribution in [0, 0.1) is 0 Å². The molecular formula is C6H8O18P4-8. The maximum atomic E-state index is 10.8. The summed E-state index contributed by atoms with van der Waals surface area (Å²) < 4.78 is 58.0. The molecular weight excluding hydrogens is 484 g/mol. The van der Waals surface area contributed by atoms with E-state index in [4.69, 9.17) is 0 Å². The van der Waals surface area contributed by atoms with Gasteiger partial charge in [-0.1, -0.05) is 0 Å². The van der Waals surface area contributed by atoms with Crippen molar-refractivity contribution in [2.45, 2.75) is 36.6 Å². The Balaban J connectivity index is 3.53. The molecule has 0 aromatic heterocycles. The van der Waals surface area contributed by atoms with Gasteiger partial charge >= 0.3 is 0 Å². The van der Waals surface area contributed by atoms with Crippen molar-refractivity contribution in [3.63, 3.8) is 0 Å². The molecule has 22 heteroatoms. The lowest BCUT2D eigenvalue weighted by Gasteiger charge is -2.53. The highest BCUT2D eigenvalue weighted by atomic mass is 31.2. The minimum atomic E-state index is -6.28. The van der Waals surface area contributed by atoms with Crippen LogP contribution in [-0.4, -0.2) is 46.8 Å². The minimum absolute atomic E-state index is 2.83. The van der Waals surface area contributed by atoms with E-state index < -0.39 is 67.9 Å². The monoisotopic (exact) mass is 492 g/mol. The Bertz CT molecular complexity index is 664. The molecule has 0 amide bonds. The van der Waals surface area contributed by atoms with Crippen LogP contribution < -0.4 is 39.1 Å². The summed E-state index contributed by atoms with van der Waals surface area (Å²) in [6, 6.07) is 0.